The lowest BCUT2D eigenvalue weighted by Gasteiger charge is -1.94. The summed E-state index contributed by atoms with van der Waals surface area (Å²) in [5.74, 6) is 0. The van der Waals surface area contributed by atoms with E-state index in [0.29, 0.717) is 0 Å². The van der Waals surface area contributed by atoms with E-state index in [1.54, 1.807) is 0 Å². The highest BCUT2D eigenvalue weighted by atomic mass is 35.5. The molecule has 0 aromatic rings. The first-order valence-electron chi connectivity index (χ1n) is 3.32. The number of hydrogen-bond donors (Lipinski definition) is 2. The summed E-state index contributed by atoms with van der Waals surface area (Å²) in [7, 11) is 0. The zero-order valence-corrected chi connectivity index (χ0v) is 6.62. The van der Waals surface area contributed by atoms with Gasteiger partial charge in [0, 0.05) is 0 Å². The molecule has 58 valence electrons. The van der Waals surface area contributed by atoms with Crippen LogP contribution < -0.4 is 11.5 Å². The van der Waals surface area contributed by atoms with Crippen molar-refractivity contribution in [3.05, 3.63) is 0 Å². The molecule has 0 atom stereocenters. The zero-order valence-electron chi connectivity index (χ0n) is 7.81. The van der Waals surface area contributed by atoms with Gasteiger partial charge in [-0.1, -0.05) is 12.8 Å². The van der Waals surface area contributed by atoms with Crippen molar-refractivity contribution < 1.29 is 2.85 Å². The van der Waals surface area contributed by atoms with Crippen LogP contribution in [-0.4, -0.2) is 13.1 Å². The summed E-state index contributed by atoms with van der Waals surface area (Å²) in [6.07, 6.45) is 4.79. The molecule has 0 aliphatic heterocycles. The lowest BCUT2D eigenvalue weighted by molar-refractivity contribution is 0.653. The van der Waals surface area contributed by atoms with E-state index in [9.17, 15) is 0 Å². The Kier molecular flexibility index (Phi) is 14.7. The third-order valence-corrected chi connectivity index (χ3v) is 1.16. The molecule has 0 saturated heterocycles. The first-order chi connectivity index (χ1) is 3.91. The lowest BCUT2D eigenvalue weighted by atomic mass is 10.2. The van der Waals surface area contributed by atoms with E-state index in [1.807, 2.05) is 0 Å². The van der Waals surface area contributed by atoms with Gasteiger partial charge in [0.15, 0.2) is 0 Å². The molecule has 0 saturated carbocycles. The molecule has 2 nitrogen and oxygen atoms in total. The maximum Gasteiger partial charge on any atom is 1.00 e. The minimum atomic E-state index is 0. The van der Waals surface area contributed by atoms with Gasteiger partial charge in [0.25, 0.3) is 0 Å². The van der Waals surface area contributed by atoms with Gasteiger partial charge >= 0.3 is 2.85 Å². The van der Waals surface area contributed by atoms with Crippen LogP contribution in [0, 0.1) is 0 Å². The largest absolute Gasteiger partial charge is 1.00 e. The van der Waals surface area contributed by atoms with E-state index < -0.39 is 0 Å². The number of nitrogens with two attached hydrogens (primary N) is 2. The van der Waals surface area contributed by atoms with E-state index in [-0.39, 0.29) is 15.3 Å². The molecule has 0 bridgehead atoms. The highest BCUT2D eigenvalue weighted by Gasteiger charge is 1.83. The predicted octanol–water partition coefficient (Wildman–Crippen LogP) is 1.11. The van der Waals surface area contributed by atoms with Crippen LogP contribution in [0.1, 0.15) is 28.5 Å². The third kappa shape index (κ3) is 11.7. The van der Waals surface area contributed by atoms with Crippen LogP contribution in [0.25, 0.3) is 0 Å². The first-order valence-corrected chi connectivity index (χ1v) is 3.32. The van der Waals surface area contributed by atoms with Gasteiger partial charge in [0.1, 0.15) is 0 Å². The molecule has 0 aromatic carbocycles. The summed E-state index contributed by atoms with van der Waals surface area (Å²) in [6.45, 7) is 1.65. The van der Waals surface area contributed by atoms with Gasteiger partial charge in [-0.3, -0.25) is 0 Å². The summed E-state index contributed by atoms with van der Waals surface area (Å²) in [5, 5.41) is 0. The average molecular weight is 155 g/mol. The Morgan fingerprint density at radius 2 is 1.11 bits per heavy atom. The molecule has 0 aliphatic rings. The van der Waals surface area contributed by atoms with Gasteiger partial charge in [-0.05, 0) is 25.9 Å². The van der Waals surface area contributed by atoms with Crippen molar-refractivity contribution in [1.29, 1.82) is 0 Å². The lowest BCUT2D eigenvalue weighted by Crippen LogP contribution is -2.00. The highest BCUT2D eigenvalue weighted by molar-refractivity contribution is 5.85. The van der Waals surface area contributed by atoms with Crippen molar-refractivity contribution in [2.24, 2.45) is 11.5 Å². The fraction of sp³-hybridized carbons (Fsp3) is 1.00. The molecule has 0 heterocycles. The van der Waals surface area contributed by atoms with Crippen molar-refractivity contribution in [3.8, 4) is 0 Å². The molecule has 0 rings (SSSR count). The number of unbranched alkanes of at least 4 members (excludes halogenated alkanes) is 3. The molecule has 0 unspecified atom stereocenters. The molecule has 0 fully saturated rings. The van der Waals surface area contributed by atoms with Crippen molar-refractivity contribution >= 4 is 12.4 Å². The number of rotatable bonds is 5. The minimum absolute atomic E-state index is 0. The summed E-state index contributed by atoms with van der Waals surface area (Å²) in [5.41, 5.74) is 10.6. The van der Waals surface area contributed by atoms with Crippen LogP contribution in [0.4, 0.5) is 0 Å². The smallest absolute Gasteiger partial charge is 0.330 e. The van der Waals surface area contributed by atoms with Gasteiger partial charge < -0.3 is 11.5 Å². The van der Waals surface area contributed by atoms with Crippen LogP contribution in [-0.2, 0) is 0 Å². The monoisotopic (exact) mass is 154 g/mol. The Labute approximate surface area is 66.4 Å². The zero-order chi connectivity index (χ0) is 6.24. The molecular weight excluding hydrogens is 136 g/mol. The average Bonchev–Trinajstić information content (AvgIpc) is 1.81. The quantitative estimate of drug-likeness (QED) is 0.583. The standard InChI is InChI=1S/C6H16N2.ClH/c7-5-3-1-2-4-6-8;/h1-8H2;1H/p+2. The highest BCUT2D eigenvalue weighted by Crippen LogP contribution is 1.95. The molecule has 3 heteroatoms. The summed E-state index contributed by atoms with van der Waals surface area (Å²) >= 11 is 0. The molecular formula is C6H19ClN2+2. The molecule has 0 aromatic heterocycles. The van der Waals surface area contributed by atoms with Gasteiger partial charge in [-0.25, -0.2) is 0 Å². The Bertz CT molecular complexity index is 43.6. The molecule has 4 N–H and O–H groups in total. The normalized spacial score (nSPS) is 8.67. The topological polar surface area (TPSA) is 52.0 Å². The molecule has 0 aliphatic carbocycles. The summed E-state index contributed by atoms with van der Waals surface area (Å²) < 4.78 is 0. The van der Waals surface area contributed by atoms with Gasteiger partial charge in [0.05, 0.1) is 0 Å². The summed E-state index contributed by atoms with van der Waals surface area (Å²) in [6, 6.07) is 0. The number of halogens is 1. The van der Waals surface area contributed by atoms with Crippen LogP contribution in [0.2, 0.25) is 0 Å². The van der Waals surface area contributed by atoms with E-state index >= 15 is 0 Å². The second-order valence-corrected chi connectivity index (χ2v) is 1.99. The van der Waals surface area contributed by atoms with Crippen LogP contribution in [0.15, 0.2) is 0 Å². The van der Waals surface area contributed by atoms with Crippen molar-refractivity contribution in [2.45, 2.75) is 25.7 Å². The van der Waals surface area contributed by atoms with Crippen LogP contribution in [0.5, 0.6) is 0 Å². The Morgan fingerprint density at radius 1 is 0.778 bits per heavy atom. The Balaban J connectivity index is -0.0000000817. The van der Waals surface area contributed by atoms with Crippen LogP contribution >= 0.6 is 12.4 Å². The molecule has 0 radical (unpaired) electrons. The fourth-order valence-electron chi connectivity index (χ4n) is 0.642. The maximum absolute atomic E-state index is 5.28. The summed E-state index contributed by atoms with van der Waals surface area (Å²) in [4.78, 5) is 0. The van der Waals surface area contributed by atoms with Gasteiger partial charge in [0.2, 0.25) is 0 Å². The predicted molar refractivity (Wildman–Crippen MR) is 46.0 cm³/mol. The Hall–Kier alpha value is 0.210. The molecule has 9 heavy (non-hydrogen) atoms. The van der Waals surface area contributed by atoms with E-state index in [2.05, 4.69) is 0 Å². The Morgan fingerprint density at radius 3 is 1.33 bits per heavy atom. The molecule has 0 amide bonds. The second-order valence-electron chi connectivity index (χ2n) is 1.99. The van der Waals surface area contributed by atoms with E-state index in [0.717, 1.165) is 25.9 Å². The van der Waals surface area contributed by atoms with Crippen molar-refractivity contribution in [2.75, 3.05) is 13.1 Å². The maximum atomic E-state index is 5.28. The van der Waals surface area contributed by atoms with Crippen molar-refractivity contribution in [3.63, 3.8) is 0 Å². The second kappa shape index (κ2) is 11.1. The first kappa shape index (κ1) is 11.9. The fourth-order valence-corrected chi connectivity index (χ4v) is 0.642. The van der Waals surface area contributed by atoms with E-state index in [4.69, 9.17) is 11.5 Å². The van der Waals surface area contributed by atoms with Crippen LogP contribution in [0.3, 0.4) is 0 Å². The van der Waals surface area contributed by atoms with Gasteiger partial charge in [-0.2, -0.15) is 0 Å². The van der Waals surface area contributed by atoms with Crippen molar-refractivity contribution in [1.82, 2.24) is 0 Å². The SMILES string of the molecule is Cl.NCCCCCCN.[H+].[H+]. The number of hydrogen-bond acceptors (Lipinski definition) is 2. The van der Waals surface area contributed by atoms with E-state index in [1.165, 1.54) is 12.8 Å². The minimum Gasteiger partial charge on any atom is -0.330 e. The third-order valence-electron chi connectivity index (χ3n) is 1.16. The molecule has 0 spiro atoms. The van der Waals surface area contributed by atoms with Gasteiger partial charge in [-0.15, -0.1) is 12.4 Å².